The number of carbonyl (C=O) groups excluding carboxylic acids is 1. The Hall–Kier alpha value is -1.40. The zero-order valence-electron chi connectivity index (χ0n) is 13.1. The molecule has 1 amide bonds. The summed E-state index contributed by atoms with van der Waals surface area (Å²) in [6, 6.07) is 6.84. The van der Waals surface area contributed by atoms with E-state index in [9.17, 15) is 13.2 Å². The monoisotopic (exact) mass is 312 g/mol. The quantitative estimate of drug-likeness (QED) is 0.837. The van der Waals surface area contributed by atoms with Gasteiger partial charge < -0.3 is 5.32 Å². The van der Waals surface area contributed by atoms with Crippen LogP contribution in [0, 0.1) is 0 Å². The Morgan fingerprint density at radius 3 is 2.19 bits per heavy atom. The van der Waals surface area contributed by atoms with Crippen molar-refractivity contribution >= 4 is 15.9 Å². The van der Waals surface area contributed by atoms with Gasteiger partial charge in [0.1, 0.15) is 0 Å². The Labute approximate surface area is 127 Å². The number of nitrogens with zero attached hydrogens (tertiary/aromatic N) is 1. The van der Waals surface area contributed by atoms with E-state index in [0.29, 0.717) is 12.5 Å². The first-order chi connectivity index (χ1) is 9.82. The highest BCUT2D eigenvalue weighted by Crippen LogP contribution is 2.20. The average molecular weight is 312 g/mol. The molecule has 1 aromatic carbocycles. The van der Waals surface area contributed by atoms with Gasteiger partial charge in [-0.1, -0.05) is 32.9 Å². The van der Waals surface area contributed by atoms with Gasteiger partial charge in [0.05, 0.1) is 11.4 Å². The molecule has 0 heterocycles. The van der Waals surface area contributed by atoms with E-state index >= 15 is 0 Å². The fourth-order valence-corrected chi connectivity index (χ4v) is 3.36. The third kappa shape index (κ3) is 4.54. The van der Waals surface area contributed by atoms with Gasteiger partial charge in [-0.05, 0) is 30.5 Å². The lowest BCUT2D eigenvalue weighted by Gasteiger charge is -2.20. The number of nitrogens with one attached hydrogen (secondary N) is 1. The van der Waals surface area contributed by atoms with Gasteiger partial charge in [0.25, 0.3) is 0 Å². The molecule has 21 heavy (non-hydrogen) atoms. The van der Waals surface area contributed by atoms with E-state index in [1.807, 2.05) is 12.1 Å². The highest BCUT2D eigenvalue weighted by Gasteiger charge is 2.25. The molecule has 0 saturated heterocycles. The number of likely N-dealkylation sites (N-methyl/N-ethyl adjacent to an activating group) is 2. The number of benzene rings is 1. The fourth-order valence-electron chi connectivity index (χ4n) is 1.95. The highest BCUT2D eigenvalue weighted by molar-refractivity contribution is 7.89. The smallest absolute Gasteiger partial charge is 0.243 e. The summed E-state index contributed by atoms with van der Waals surface area (Å²) in [6.07, 6.45) is 0. The molecule has 0 aliphatic heterocycles. The van der Waals surface area contributed by atoms with Gasteiger partial charge in [-0.3, -0.25) is 4.79 Å². The molecule has 0 unspecified atom stereocenters. The summed E-state index contributed by atoms with van der Waals surface area (Å²) >= 11 is 0. The molecule has 1 aromatic rings. The number of hydrogen-bond acceptors (Lipinski definition) is 3. The molecule has 0 saturated carbocycles. The number of sulfonamides is 1. The minimum Gasteiger partial charge on any atom is -0.355 e. The van der Waals surface area contributed by atoms with Crippen LogP contribution in [0.2, 0.25) is 0 Å². The molecule has 0 bridgehead atoms. The molecule has 0 atom stereocenters. The molecule has 6 heteroatoms. The van der Waals surface area contributed by atoms with Crippen LogP contribution in [0.5, 0.6) is 0 Å². The summed E-state index contributed by atoms with van der Waals surface area (Å²) in [5.74, 6) is 0.0566. The van der Waals surface area contributed by atoms with Crippen LogP contribution in [0.25, 0.3) is 0 Å². The maximum Gasteiger partial charge on any atom is 0.243 e. The molecular formula is C15H24N2O3S. The maximum absolute atomic E-state index is 12.5. The molecular weight excluding hydrogens is 288 g/mol. The van der Waals surface area contributed by atoms with E-state index in [-0.39, 0.29) is 23.9 Å². The van der Waals surface area contributed by atoms with Gasteiger partial charge in [0.15, 0.2) is 0 Å². The van der Waals surface area contributed by atoms with Crippen molar-refractivity contribution in [2.24, 2.45) is 0 Å². The Balaban J connectivity index is 2.98. The second-order valence-electron chi connectivity index (χ2n) is 5.11. The second-order valence-corrected chi connectivity index (χ2v) is 7.05. The first-order valence-corrected chi connectivity index (χ1v) is 8.63. The lowest BCUT2D eigenvalue weighted by atomic mass is 10.0. The van der Waals surface area contributed by atoms with Crippen molar-refractivity contribution in [1.82, 2.24) is 9.62 Å². The molecule has 0 fully saturated rings. The van der Waals surface area contributed by atoms with Crippen LogP contribution < -0.4 is 5.32 Å². The fraction of sp³-hybridized carbons (Fsp3) is 0.533. The predicted molar refractivity (Wildman–Crippen MR) is 83.6 cm³/mol. The molecule has 1 N–H and O–H groups in total. The van der Waals surface area contributed by atoms with Gasteiger partial charge in [-0.2, -0.15) is 4.31 Å². The van der Waals surface area contributed by atoms with Crippen molar-refractivity contribution in [2.75, 3.05) is 19.6 Å². The molecule has 0 radical (unpaired) electrons. The zero-order valence-corrected chi connectivity index (χ0v) is 13.9. The largest absolute Gasteiger partial charge is 0.355 e. The highest BCUT2D eigenvalue weighted by atomic mass is 32.2. The van der Waals surface area contributed by atoms with Gasteiger partial charge in [0.2, 0.25) is 15.9 Å². The van der Waals surface area contributed by atoms with E-state index in [2.05, 4.69) is 19.2 Å². The van der Waals surface area contributed by atoms with Crippen LogP contribution in [0.4, 0.5) is 0 Å². The number of rotatable bonds is 7. The van der Waals surface area contributed by atoms with E-state index in [1.165, 1.54) is 4.31 Å². The summed E-state index contributed by atoms with van der Waals surface area (Å²) in [5.41, 5.74) is 1.08. The van der Waals surface area contributed by atoms with Crippen molar-refractivity contribution in [1.29, 1.82) is 0 Å². The SMILES string of the molecule is CCNC(=O)CN(CC)S(=O)(=O)c1ccc(C(C)C)cc1. The third-order valence-electron chi connectivity index (χ3n) is 3.23. The molecule has 0 spiro atoms. The normalized spacial score (nSPS) is 11.9. The van der Waals surface area contributed by atoms with E-state index in [4.69, 9.17) is 0 Å². The van der Waals surface area contributed by atoms with Crippen molar-refractivity contribution in [3.05, 3.63) is 29.8 Å². The summed E-state index contributed by atoms with van der Waals surface area (Å²) in [5, 5.41) is 2.61. The molecule has 118 valence electrons. The van der Waals surface area contributed by atoms with Crippen molar-refractivity contribution in [3.63, 3.8) is 0 Å². The summed E-state index contributed by atoms with van der Waals surface area (Å²) in [4.78, 5) is 11.8. The van der Waals surface area contributed by atoms with Crippen LogP contribution in [-0.2, 0) is 14.8 Å². The van der Waals surface area contributed by atoms with Crippen LogP contribution in [0.15, 0.2) is 29.2 Å². The Kier molecular flexibility index (Phi) is 6.36. The van der Waals surface area contributed by atoms with E-state index in [1.54, 1.807) is 26.0 Å². The predicted octanol–water partition coefficient (Wildman–Crippen LogP) is 1.96. The molecule has 5 nitrogen and oxygen atoms in total. The molecule has 1 rings (SSSR count). The molecule has 0 aromatic heterocycles. The Morgan fingerprint density at radius 1 is 1.19 bits per heavy atom. The average Bonchev–Trinajstić information content (AvgIpc) is 2.45. The van der Waals surface area contributed by atoms with Crippen molar-refractivity contribution < 1.29 is 13.2 Å². The van der Waals surface area contributed by atoms with E-state index in [0.717, 1.165) is 5.56 Å². The van der Waals surface area contributed by atoms with Gasteiger partial charge in [-0.15, -0.1) is 0 Å². The number of amides is 1. The van der Waals surface area contributed by atoms with Crippen LogP contribution >= 0.6 is 0 Å². The minimum absolute atomic E-state index is 0.154. The van der Waals surface area contributed by atoms with Crippen molar-refractivity contribution in [3.8, 4) is 0 Å². The maximum atomic E-state index is 12.5. The summed E-state index contributed by atoms with van der Waals surface area (Å²) in [7, 11) is -3.63. The third-order valence-corrected chi connectivity index (χ3v) is 5.17. The zero-order chi connectivity index (χ0) is 16.0. The Bertz CT molecular complexity index is 565. The standard InChI is InChI=1S/C15H24N2O3S/c1-5-16-15(18)11-17(6-2)21(19,20)14-9-7-13(8-10-14)12(3)4/h7-10,12H,5-6,11H2,1-4H3,(H,16,18). The number of hydrogen-bond donors (Lipinski definition) is 1. The van der Waals surface area contributed by atoms with Crippen molar-refractivity contribution in [2.45, 2.75) is 38.5 Å². The molecule has 0 aliphatic carbocycles. The van der Waals surface area contributed by atoms with Crippen LogP contribution in [-0.4, -0.2) is 38.3 Å². The molecule has 0 aliphatic rings. The van der Waals surface area contributed by atoms with E-state index < -0.39 is 10.0 Å². The summed E-state index contributed by atoms with van der Waals surface area (Å²) in [6.45, 7) is 8.21. The van der Waals surface area contributed by atoms with Gasteiger partial charge in [-0.25, -0.2) is 8.42 Å². The first kappa shape index (κ1) is 17.7. The van der Waals surface area contributed by atoms with Gasteiger partial charge in [0, 0.05) is 13.1 Å². The second kappa shape index (κ2) is 7.56. The lowest BCUT2D eigenvalue weighted by Crippen LogP contribution is -2.40. The topological polar surface area (TPSA) is 66.5 Å². The Morgan fingerprint density at radius 2 is 1.76 bits per heavy atom. The van der Waals surface area contributed by atoms with Crippen LogP contribution in [0.1, 0.15) is 39.2 Å². The van der Waals surface area contributed by atoms with Crippen LogP contribution in [0.3, 0.4) is 0 Å². The number of carbonyl (C=O) groups is 1. The minimum atomic E-state index is -3.63. The summed E-state index contributed by atoms with van der Waals surface area (Å²) < 4.78 is 26.2. The lowest BCUT2D eigenvalue weighted by molar-refractivity contribution is -0.121. The first-order valence-electron chi connectivity index (χ1n) is 7.19. The van der Waals surface area contributed by atoms with Gasteiger partial charge >= 0.3 is 0 Å².